The molecule has 0 saturated carbocycles. The van der Waals surface area contributed by atoms with Crippen molar-refractivity contribution in [2.45, 2.75) is 38.3 Å². The number of rotatable bonds is 5. The van der Waals surface area contributed by atoms with Gasteiger partial charge in [-0.3, -0.25) is 0 Å². The summed E-state index contributed by atoms with van der Waals surface area (Å²) in [5, 5.41) is 4.78. The molecule has 1 aromatic carbocycles. The molecule has 0 radical (unpaired) electrons. The Morgan fingerprint density at radius 1 is 1.44 bits per heavy atom. The lowest BCUT2D eigenvalue weighted by Crippen LogP contribution is -2.32. The van der Waals surface area contributed by atoms with E-state index < -0.39 is 0 Å². The normalized spacial score (nSPS) is 21.2. The smallest absolute Gasteiger partial charge is 0.0771 e. The van der Waals surface area contributed by atoms with Gasteiger partial charge in [0.1, 0.15) is 0 Å². The monoisotopic (exact) mass is 287 g/mol. The SMILES string of the molecule is CCCNC(c1cccc(Cl)c1Cl)C1CCCO1. The van der Waals surface area contributed by atoms with Crippen LogP contribution in [-0.2, 0) is 4.74 Å². The van der Waals surface area contributed by atoms with Crippen molar-refractivity contribution < 1.29 is 4.74 Å². The standard InChI is InChI=1S/C14H19Cl2NO/c1-2-8-17-14(12-7-4-9-18-12)10-5-3-6-11(15)13(10)16/h3,5-6,12,14,17H,2,4,7-9H2,1H3. The van der Waals surface area contributed by atoms with Crippen LogP contribution in [0.15, 0.2) is 18.2 Å². The minimum atomic E-state index is 0.138. The van der Waals surface area contributed by atoms with Crippen LogP contribution in [0, 0.1) is 0 Å². The van der Waals surface area contributed by atoms with Gasteiger partial charge in [-0.1, -0.05) is 42.3 Å². The highest BCUT2D eigenvalue weighted by molar-refractivity contribution is 6.42. The summed E-state index contributed by atoms with van der Waals surface area (Å²) in [6.07, 6.45) is 3.48. The fourth-order valence-corrected chi connectivity index (χ4v) is 2.79. The van der Waals surface area contributed by atoms with E-state index >= 15 is 0 Å². The summed E-state index contributed by atoms with van der Waals surface area (Å²) in [7, 11) is 0. The lowest BCUT2D eigenvalue weighted by Gasteiger charge is -2.25. The van der Waals surface area contributed by atoms with Gasteiger partial charge in [0.2, 0.25) is 0 Å². The van der Waals surface area contributed by atoms with Crippen LogP contribution >= 0.6 is 23.2 Å². The third kappa shape index (κ3) is 3.18. The molecule has 0 bridgehead atoms. The van der Waals surface area contributed by atoms with Crippen molar-refractivity contribution in [3.8, 4) is 0 Å². The molecule has 4 heteroatoms. The second kappa shape index (κ2) is 6.76. The third-order valence-electron chi connectivity index (χ3n) is 3.27. The molecule has 0 spiro atoms. The molecule has 2 rings (SSSR count). The molecule has 2 nitrogen and oxygen atoms in total. The van der Waals surface area contributed by atoms with Crippen molar-refractivity contribution >= 4 is 23.2 Å². The number of hydrogen-bond donors (Lipinski definition) is 1. The van der Waals surface area contributed by atoms with E-state index in [-0.39, 0.29) is 12.1 Å². The van der Waals surface area contributed by atoms with Crippen LogP contribution in [-0.4, -0.2) is 19.3 Å². The average Bonchev–Trinajstić information content (AvgIpc) is 2.88. The van der Waals surface area contributed by atoms with Crippen molar-refractivity contribution in [2.75, 3.05) is 13.2 Å². The van der Waals surface area contributed by atoms with Gasteiger partial charge in [-0.2, -0.15) is 0 Å². The Morgan fingerprint density at radius 3 is 2.94 bits per heavy atom. The summed E-state index contributed by atoms with van der Waals surface area (Å²) in [5.74, 6) is 0. The molecule has 1 aliphatic rings. The zero-order valence-corrected chi connectivity index (χ0v) is 12.1. The Balaban J connectivity index is 2.23. The van der Waals surface area contributed by atoms with Crippen LogP contribution in [0.1, 0.15) is 37.8 Å². The molecular formula is C14H19Cl2NO. The first-order valence-electron chi connectivity index (χ1n) is 6.53. The average molecular weight is 288 g/mol. The van der Waals surface area contributed by atoms with Gasteiger partial charge in [0.15, 0.2) is 0 Å². The fourth-order valence-electron chi connectivity index (χ4n) is 2.37. The van der Waals surface area contributed by atoms with Crippen LogP contribution in [0.4, 0.5) is 0 Å². The summed E-state index contributed by atoms with van der Waals surface area (Å²) < 4.78 is 5.80. The number of benzene rings is 1. The first kappa shape index (κ1) is 14.1. The zero-order chi connectivity index (χ0) is 13.0. The van der Waals surface area contributed by atoms with Crippen molar-refractivity contribution in [3.05, 3.63) is 33.8 Å². The molecule has 2 unspecified atom stereocenters. The maximum atomic E-state index is 6.32. The predicted octanol–water partition coefficient (Wildman–Crippen LogP) is 4.21. The van der Waals surface area contributed by atoms with Crippen LogP contribution < -0.4 is 5.32 Å². The largest absolute Gasteiger partial charge is 0.376 e. The fraction of sp³-hybridized carbons (Fsp3) is 0.571. The van der Waals surface area contributed by atoms with E-state index in [4.69, 9.17) is 27.9 Å². The van der Waals surface area contributed by atoms with Gasteiger partial charge in [0.25, 0.3) is 0 Å². The molecule has 18 heavy (non-hydrogen) atoms. The summed E-state index contributed by atoms with van der Waals surface area (Å²) >= 11 is 12.4. The van der Waals surface area contributed by atoms with Crippen molar-refractivity contribution in [2.24, 2.45) is 0 Å². The van der Waals surface area contributed by atoms with E-state index in [2.05, 4.69) is 12.2 Å². The summed E-state index contributed by atoms with van der Waals surface area (Å²) in [5.41, 5.74) is 1.05. The molecule has 2 atom stereocenters. The molecule has 100 valence electrons. The first-order valence-corrected chi connectivity index (χ1v) is 7.28. The number of ether oxygens (including phenoxy) is 1. The number of nitrogens with one attached hydrogen (secondary N) is 1. The number of hydrogen-bond acceptors (Lipinski definition) is 2. The Morgan fingerprint density at radius 2 is 2.28 bits per heavy atom. The molecule has 0 aromatic heterocycles. The van der Waals surface area contributed by atoms with E-state index in [1.54, 1.807) is 0 Å². The van der Waals surface area contributed by atoms with Gasteiger partial charge in [0, 0.05) is 6.61 Å². The van der Waals surface area contributed by atoms with Gasteiger partial charge in [-0.25, -0.2) is 0 Å². The third-order valence-corrected chi connectivity index (χ3v) is 4.10. The highest BCUT2D eigenvalue weighted by atomic mass is 35.5. The van der Waals surface area contributed by atoms with E-state index in [1.807, 2.05) is 18.2 Å². The summed E-state index contributed by atoms with van der Waals surface area (Å²) in [4.78, 5) is 0. The molecule has 1 aromatic rings. The van der Waals surface area contributed by atoms with Crippen molar-refractivity contribution in [1.29, 1.82) is 0 Å². The van der Waals surface area contributed by atoms with Crippen LogP contribution in [0.3, 0.4) is 0 Å². The lowest BCUT2D eigenvalue weighted by molar-refractivity contribution is 0.0783. The van der Waals surface area contributed by atoms with E-state index in [0.29, 0.717) is 10.0 Å². The van der Waals surface area contributed by atoms with Crippen molar-refractivity contribution in [1.82, 2.24) is 5.32 Å². The first-order chi connectivity index (χ1) is 8.74. The highest BCUT2D eigenvalue weighted by Crippen LogP contribution is 2.34. The molecule has 1 saturated heterocycles. The van der Waals surface area contributed by atoms with Gasteiger partial charge in [-0.15, -0.1) is 0 Å². The maximum Gasteiger partial charge on any atom is 0.0771 e. The van der Waals surface area contributed by atoms with Gasteiger partial charge >= 0.3 is 0 Å². The Hall–Kier alpha value is -0.280. The predicted molar refractivity (Wildman–Crippen MR) is 76.5 cm³/mol. The minimum Gasteiger partial charge on any atom is -0.376 e. The quantitative estimate of drug-likeness (QED) is 0.876. The molecular weight excluding hydrogens is 269 g/mol. The summed E-state index contributed by atoms with van der Waals surface area (Å²) in [6.45, 7) is 3.94. The molecule has 1 N–H and O–H groups in total. The van der Waals surface area contributed by atoms with E-state index in [9.17, 15) is 0 Å². The van der Waals surface area contributed by atoms with Crippen molar-refractivity contribution in [3.63, 3.8) is 0 Å². The van der Waals surface area contributed by atoms with E-state index in [1.165, 1.54) is 0 Å². The Kier molecular flexibility index (Phi) is 5.31. The molecule has 1 heterocycles. The second-order valence-electron chi connectivity index (χ2n) is 4.63. The van der Waals surface area contributed by atoms with Crippen LogP contribution in [0.25, 0.3) is 0 Å². The topological polar surface area (TPSA) is 21.3 Å². The number of halogens is 2. The second-order valence-corrected chi connectivity index (χ2v) is 5.41. The van der Waals surface area contributed by atoms with E-state index in [0.717, 1.165) is 38.0 Å². The lowest BCUT2D eigenvalue weighted by atomic mass is 9.99. The van der Waals surface area contributed by atoms with Gasteiger partial charge in [0.05, 0.1) is 22.2 Å². The molecule has 0 aliphatic carbocycles. The van der Waals surface area contributed by atoms with Gasteiger partial charge < -0.3 is 10.1 Å². The Bertz CT molecular complexity index is 391. The molecule has 0 amide bonds. The summed E-state index contributed by atoms with van der Waals surface area (Å²) in [6, 6.07) is 5.93. The zero-order valence-electron chi connectivity index (χ0n) is 10.6. The Labute approximate surface area is 119 Å². The van der Waals surface area contributed by atoms with Crippen LogP contribution in [0.2, 0.25) is 10.0 Å². The molecule has 1 aliphatic heterocycles. The maximum absolute atomic E-state index is 6.32. The molecule has 1 fully saturated rings. The van der Waals surface area contributed by atoms with Gasteiger partial charge in [-0.05, 0) is 37.4 Å². The minimum absolute atomic E-state index is 0.138. The van der Waals surface area contributed by atoms with Crippen LogP contribution in [0.5, 0.6) is 0 Å². The highest BCUT2D eigenvalue weighted by Gasteiger charge is 2.28.